The summed E-state index contributed by atoms with van der Waals surface area (Å²) in [5, 5.41) is 11.7. The van der Waals surface area contributed by atoms with Gasteiger partial charge in [0.1, 0.15) is 5.82 Å². The number of carbonyl (C=O) groups is 1. The number of nitrogens with one attached hydrogen (secondary N) is 1. The minimum Gasteiger partial charge on any atom is -0.481 e. The van der Waals surface area contributed by atoms with Gasteiger partial charge in [-0.25, -0.2) is 4.39 Å². The van der Waals surface area contributed by atoms with Gasteiger partial charge in [0.25, 0.3) is 0 Å². The second-order valence-electron chi connectivity index (χ2n) is 3.95. The molecule has 0 aliphatic carbocycles. The maximum Gasteiger partial charge on any atom is 0.307 e. The van der Waals surface area contributed by atoms with E-state index in [1.807, 2.05) is 0 Å². The Morgan fingerprint density at radius 3 is 2.81 bits per heavy atom. The molecule has 1 unspecified atom stereocenters. The van der Waals surface area contributed by atoms with Crippen LogP contribution >= 0.6 is 0 Å². The zero-order valence-electron chi connectivity index (χ0n) is 9.46. The molecule has 0 spiro atoms. The van der Waals surface area contributed by atoms with Crippen LogP contribution in [0.3, 0.4) is 0 Å². The molecular weight excluding hydrogens is 209 g/mol. The predicted molar refractivity (Wildman–Crippen MR) is 59.6 cm³/mol. The maximum absolute atomic E-state index is 13.0. The fourth-order valence-electron chi connectivity index (χ4n) is 1.34. The molecule has 1 atom stereocenters. The predicted octanol–water partition coefficient (Wildman–Crippen LogP) is 1.94. The van der Waals surface area contributed by atoms with Crippen LogP contribution in [0.4, 0.5) is 4.39 Å². The van der Waals surface area contributed by atoms with Crippen LogP contribution in [-0.4, -0.2) is 17.6 Å². The smallest absolute Gasteiger partial charge is 0.307 e. The summed E-state index contributed by atoms with van der Waals surface area (Å²) in [6, 6.07) is 4.88. The van der Waals surface area contributed by atoms with Gasteiger partial charge < -0.3 is 10.4 Å². The zero-order valence-corrected chi connectivity index (χ0v) is 9.46. The highest BCUT2D eigenvalue weighted by Crippen LogP contribution is 2.08. The van der Waals surface area contributed by atoms with E-state index in [1.54, 1.807) is 26.0 Å². The minimum atomic E-state index is -0.817. The van der Waals surface area contributed by atoms with Gasteiger partial charge >= 0.3 is 5.97 Å². The second kappa shape index (κ2) is 5.61. The number of carboxylic acid groups (broad SMARTS) is 1. The van der Waals surface area contributed by atoms with Crippen LogP contribution in [0.5, 0.6) is 0 Å². The summed E-state index contributed by atoms with van der Waals surface area (Å²) in [7, 11) is 0. The van der Waals surface area contributed by atoms with Gasteiger partial charge in [0.15, 0.2) is 0 Å². The van der Waals surface area contributed by atoms with Crippen molar-refractivity contribution in [3.05, 3.63) is 35.1 Å². The molecule has 0 aromatic heterocycles. The third kappa shape index (κ3) is 3.62. The Balaban J connectivity index is 2.43. The van der Waals surface area contributed by atoms with E-state index in [9.17, 15) is 9.18 Å². The van der Waals surface area contributed by atoms with Crippen molar-refractivity contribution in [3.8, 4) is 0 Å². The summed E-state index contributed by atoms with van der Waals surface area (Å²) in [6.07, 6.45) is 0. The van der Waals surface area contributed by atoms with Crippen molar-refractivity contribution in [3.63, 3.8) is 0 Å². The largest absolute Gasteiger partial charge is 0.481 e. The summed E-state index contributed by atoms with van der Waals surface area (Å²) in [6.45, 7) is 4.31. The highest BCUT2D eigenvalue weighted by atomic mass is 19.1. The molecule has 0 aliphatic heterocycles. The Morgan fingerprint density at radius 2 is 2.25 bits per heavy atom. The van der Waals surface area contributed by atoms with Crippen molar-refractivity contribution in [2.75, 3.05) is 6.54 Å². The van der Waals surface area contributed by atoms with E-state index >= 15 is 0 Å². The number of aryl methyl sites for hydroxylation is 1. The van der Waals surface area contributed by atoms with Crippen LogP contribution in [0, 0.1) is 18.7 Å². The number of hydrogen-bond donors (Lipinski definition) is 2. The molecule has 0 radical (unpaired) electrons. The maximum atomic E-state index is 13.0. The van der Waals surface area contributed by atoms with E-state index in [0.717, 1.165) is 5.56 Å². The Labute approximate surface area is 94.3 Å². The summed E-state index contributed by atoms with van der Waals surface area (Å²) < 4.78 is 13.0. The number of carboxylic acids is 1. The monoisotopic (exact) mass is 225 g/mol. The van der Waals surface area contributed by atoms with Crippen LogP contribution in [0.15, 0.2) is 18.2 Å². The topological polar surface area (TPSA) is 49.3 Å². The van der Waals surface area contributed by atoms with Crippen LogP contribution in [0.2, 0.25) is 0 Å². The SMILES string of the molecule is Cc1cc(CNCC(C)C(=O)O)ccc1F. The molecule has 1 aromatic carbocycles. The molecule has 16 heavy (non-hydrogen) atoms. The number of aliphatic carboxylic acids is 1. The quantitative estimate of drug-likeness (QED) is 0.805. The Morgan fingerprint density at radius 1 is 1.56 bits per heavy atom. The highest BCUT2D eigenvalue weighted by Gasteiger charge is 2.09. The zero-order chi connectivity index (χ0) is 12.1. The Bertz CT molecular complexity index is 379. The first kappa shape index (κ1) is 12.6. The lowest BCUT2D eigenvalue weighted by atomic mass is 10.1. The van der Waals surface area contributed by atoms with E-state index in [0.29, 0.717) is 18.7 Å². The van der Waals surface area contributed by atoms with Crippen LogP contribution in [-0.2, 0) is 11.3 Å². The fourth-order valence-corrected chi connectivity index (χ4v) is 1.34. The average molecular weight is 225 g/mol. The third-order valence-corrected chi connectivity index (χ3v) is 2.42. The molecule has 0 fully saturated rings. The van der Waals surface area contributed by atoms with Crippen molar-refractivity contribution >= 4 is 5.97 Å². The van der Waals surface area contributed by atoms with Crippen molar-refractivity contribution in [2.45, 2.75) is 20.4 Å². The number of hydrogen-bond acceptors (Lipinski definition) is 2. The molecule has 88 valence electrons. The van der Waals surface area contributed by atoms with Gasteiger partial charge in [-0.2, -0.15) is 0 Å². The van der Waals surface area contributed by atoms with E-state index in [4.69, 9.17) is 5.11 Å². The average Bonchev–Trinajstić information content (AvgIpc) is 2.23. The molecule has 1 aromatic rings. The standard InChI is InChI=1S/C12H16FNO2/c1-8-5-10(3-4-11(8)13)7-14-6-9(2)12(15)16/h3-5,9,14H,6-7H2,1-2H3,(H,15,16). The van der Waals surface area contributed by atoms with Crippen LogP contribution in [0.1, 0.15) is 18.1 Å². The van der Waals surface area contributed by atoms with Gasteiger partial charge in [0.2, 0.25) is 0 Å². The van der Waals surface area contributed by atoms with Gasteiger partial charge in [-0.1, -0.05) is 19.1 Å². The molecule has 1 rings (SSSR count). The van der Waals surface area contributed by atoms with E-state index < -0.39 is 11.9 Å². The molecule has 0 heterocycles. The number of halogens is 1. The van der Waals surface area contributed by atoms with Gasteiger partial charge in [0, 0.05) is 13.1 Å². The van der Waals surface area contributed by atoms with Crippen LogP contribution in [0.25, 0.3) is 0 Å². The summed E-state index contributed by atoms with van der Waals surface area (Å²) >= 11 is 0. The Hall–Kier alpha value is -1.42. The molecule has 0 bridgehead atoms. The number of benzene rings is 1. The molecular formula is C12H16FNO2. The molecule has 2 N–H and O–H groups in total. The normalized spacial score (nSPS) is 12.4. The number of rotatable bonds is 5. The first-order valence-electron chi connectivity index (χ1n) is 5.19. The molecule has 3 nitrogen and oxygen atoms in total. The highest BCUT2D eigenvalue weighted by molar-refractivity contribution is 5.69. The first-order chi connectivity index (χ1) is 7.50. The molecule has 0 saturated carbocycles. The van der Waals surface area contributed by atoms with Gasteiger partial charge in [-0.3, -0.25) is 4.79 Å². The van der Waals surface area contributed by atoms with Crippen LogP contribution < -0.4 is 5.32 Å². The van der Waals surface area contributed by atoms with Crippen molar-refractivity contribution < 1.29 is 14.3 Å². The molecule has 0 saturated heterocycles. The lowest BCUT2D eigenvalue weighted by molar-refractivity contribution is -0.140. The molecule has 0 aliphatic rings. The second-order valence-corrected chi connectivity index (χ2v) is 3.95. The lowest BCUT2D eigenvalue weighted by Gasteiger charge is -2.08. The van der Waals surface area contributed by atoms with Crippen molar-refractivity contribution in [1.29, 1.82) is 0 Å². The molecule has 4 heteroatoms. The summed E-state index contributed by atoms with van der Waals surface area (Å²) in [5.41, 5.74) is 1.56. The third-order valence-electron chi connectivity index (χ3n) is 2.42. The summed E-state index contributed by atoms with van der Waals surface area (Å²) in [4.78, 5) is 10.6. The molecule has 0 amide bonds. The van der Waals surface area contributed by atoms with Gasteiger partial charge in [0.05, 0.1) is 5.92 Å². The lowest BCUT2D eigenvalue weighted by Crippen LogP contribution is -2.25. The van der Waals surface area contributed by atoms with Gasteiger partial charge in [-0.05, 0) is 24.1 Å². The Kier molecular flexibility index (Phi) is 4.43. The van der Waals surface area contributed by atoms with E-state index in [1.165, 1.54) is 6.07 Å². The summed E-state index contributed by atoms with van der Waals surface area (Å²) in [5.74, 6) is -1.45. The van der Waals surface area contributed by atoms with E-state index in [2.05, 4.69) is 5.32 Å². The fraction of sp³-hybridized carbons (Fsp3) is 0.417. The first-order valence-corrected chi connectivity index (χ1v) is 5.19. The van der Waals surface area contributed by atoms with Crippen molar-refractivity contribution in [2.24, 2.45) is 5.92 Å². The van der Waals surface area contributed by atoms with E-state index in [-0.39, 0.29) is 5.82 Å². The van der Waals surface area contributed by atoms with Crippen molar-refractivity contribution in [1.82, 2.24) is 5.32 Å². The van der Waals surface area contributed by atoms with Gasteiger partial charge in [-0.15, -0.1) is 0 Å². The minimum absolute atomic E-state index is 0.220.